The Morgan fingerprint density at radius 1 is 0.625 bits per heavy atom. The van der Waals surface area contributed by atoms with Gasteiger partial charge in [0.15, 0.2) is 0 Å². The maximum atomic E-state index is 11.7. The summed E-state index contributed by atoms with van der Waals surface area (Å²) in [7, 11) is -0.541. The van der Waals surface area contributed by atoms with Crippen LogP contribution in [0, 0.1) is 0 Å². The predicted octanol–water partition coefficient (Wildman–Crippen LogP) is -4.72. The Kier molecular flexibility index (Phi) is 41.9. The summed E-state index contributed by atoms with van der Waals surface area (Å²) in [5.41, 5.74) is -3.54. The van der Waals surface area contributed by atoms with Crippen molar-refractivity contribution in [2.45, 2.75) is 90.9 Å². The summed E-state index contributed by atoms with van der Waals surface area (Å²) in [4.78, 5) is 23.4. The molecule has 0 aliphatic carbocycles. The molecule has 0 aromatic heterocycles. The van der Waals surface area contributed by atoms with Gasteiger partial charge in [-0.15, -0.1) is 0 Å². The van der Waals surface area contributed by atoms with Crippen LogP contribution in [-0.4, -0.2) is 11.5 Å². The molecule has 0 aromatic rings. The van der Waals surface area contributed by atoms with E-state index in [0.717, 1.165) is 37.2 Å². The molecule has 0 radical (unpaired) electrons. The van der Waals surface area contributed by atoms with E-state index in [4.69, 9.17) is 12.2 Å². The summed E-state index contributed by atoms with van der Waals surface area (Å²) in [6, 6.07) is 0. The molecule has 0 heterocycles. The summed E-state index contributed by atoms with van der Waals surface area (Å²) in [5, 5.41) is 0. The van der Waals surface area contributed by atoms with Gasteiger partial charge in [0.2, 0.25) is 0 Å². The molecule has 0 aliphatic rings. The fourth-order valence-corrected chi connectivity index (χ4v) is 7.61. The number of rotatable bonds is 14. The number of unbranched alkanes of at least 4 members (excludes halogenated alkanes) is 10. The van der Waals surface area contributed by atoms with Crippen LogP contribution >= 0.6 is 5.69 Å². The minimum atomic E-state index is -3.54. The van der Waals surface area contributed by atoms with E-state index in [1.165, 1.54) is 51.4 Å². The van der Waals surface area contributed by atoms with Gasteiger partial charge in [-0.2, -0.15) is 0 Å². The minimum Gasteiger partial charge on any atom is -0.854 e. The quantitative estimate of drug-likeness (QED) is 0.111. The molecule has 0 unspecified atom stereocenters. The van der Waals surface area contributed by atoms with Crippen molar-refractivity contribution in [2.75, 3.05) is 11.5 Å². The van der Waals surface area contributed by atoms with E-state index < -0.39 is 15.8 Å². The van der Waals surface area contributed by atoms with Crippen LogP contribution in [0.2, 0.25) is 0 Å². The zero-order chi connectivity index (χ0) is 16.0. The normalized spacial score (nSPS) is 10.8. The summed E-state index contributed by atoms with van der Waals surface area (Å²) in [5.74, 6) is 1.62. The second kappa shape index (κ2) is 27.0. The molecule has 0 N–H and O–H groups in total. The van der Waals surface area contributed by atoms with Gasteiger partial charge in [-0.1, -0.05) is 78.1 Å². The molecule has 0 fully saturated rings. The Morgan fingerprint density at radius 2 is 0.917 bits per heavy atom. The molecule has 0 aromatic carbocycles. The molecular formula is C16H34K3O2PS2. The van der Waals surface area contributed by atoms with Gasteiger partial charge in [-0.3, -0.25) is 0 Å². The molecule has 0 saturated carbocycles. The van der Waals surface area contributed by atoms with Crippen LogP contribution in [0.3, 0.4) is 0 Å². The first-order valence-corrected chi connectivity index (χ1v) is 13.5. The van der Waals surface area contributed by atoms with Crippen LogP contribution < -0.4 is 164 Å². The molecular weight excluding hydrogens is 437 g/mol. The molecule has 0 bridgehead atoms. The van der Waals surface area contributed by atoms with Crippen molar-refractivity contribution in [3.8, 4) is 0 Å². The van der Waals surface area contributed by atoms with E-state index >= 15 is 0 Å². The van der Waals surface area contributed by atoms with Gasteiger partial charge in [0, 0.05) is 0 Å². The Hall–Kier alpha value is 5.96. The maximum absolute atomic E-state index is 11.7. The van der Waals surface area contributed by atoms with Crippen molar-refractivity contribution < 1.29 is 164 Å². The van der Waals surface area contributed by atoms with Crippen molar-refractivity contribution >= 4 is 28.0 Å². The van der Waals surface area contributed by atoms with E-state index in [1.54, 1.807) is 0 Å². The third kappa shape index (κ3) is 26.0. The maximum Gasteiger partial charge on any atom is 1.00 e. The number of hydrogen-bond acceptors (Lipinski definition) is 3. The van der Waals surface area contributed by atoms with Crippen molar-refractivity contribution in [3.63, 3.8) is 0 Å². The first-order valence-electron chi connectivity index (χ1n) is 8.72. The molecule has 130 valence electrons. The standard InChI is InChI=1S/C16H34O2PS2.3K/c1-3-5-7-9-11-13-15-21(19(17,18)20)16-14-12-10-8-6-4-2;;;/h3-16H2,1-2H3;;;/q-3;3*+1. The second-order valence-electron chi connectivity index (χ2n) is 5.85. The first-order chi connectivity index (χ1) is 10.0. The van der Waals surface area contributed by atoms with Gasteiger partial charge < -0.3 is 27.7 Å². The predicted molar refractivity (Wildman–Crippen MR) is 98.1 cm³/mol. The largest absolute Gasteiger partial charge is 1.00 e. The summed E-state index contributed by atoms with van der Waals surface area (Å²) in [6.45, 7) is 4.42. The third-order valence-corrected chi connectivity index (χ3v) is 10.8. The Bertz CT molecular complexity index is 277. The van der Waals surface area contributed by atoms with Crippen LogP contribution in [0.25, 0.3) is 0 Å². The fourth-order valence-electron chi connectivity index (χ4n) is 2.42. The zero-order valence-electron chi connectivity index (χ0n) is 17.0. The van der Waals surface area contributed by atoms with E-state index in [0.29, 0.717) is 0 Å². The third-order valence-electron chi connectivity index (χ3n) is 3.78. The smallest absolute Gasteiger partial charge is 0.854 e. The summed E-state index contributed by atoms with van der Waals surface area (Å²) >= 11 is 4.76. The van der Waals surface area contributed by atoms with Crippen LogP contribution in [0.15, 0.2) is 0 Å². The molecule has 0 aliphatic heterocycles. The Balaban J connectivity index is -0.000000667. The Labute approximate surface area is 287 Å². The first kappa shape index (κ1) is 37.3. The van der Waals surface area contributed by atoms with Crippen LogP contribution in [0.5, 0.6) is 0 Å². The van der Waals surface area contributed by atoms with Gasteiger partial charge in [-0.25, -0.2) is 10.1 Å². The van der Waals surface area contributed by atoms with Gasteiger partial charge in [0.1, 0.15) is 0 Å². The molecule has 8 heteroatoms. The fraction of sp³-hybridized carbons (Fsp3) is 1.00. The van der Waals surface area contributed by atoms with E-state index in [2.05, 4.69) is 13.8 Å². The van der Waals surface area contributed by atoms with Crippen LogP contribution in [-0.2, 0) is 22.3 Å². The Morgan fingerprint density at radius 3 is 1.21 bits per heavy atom. The SMILES string of the molecule is CCCCCCCCS(CCCCCCCC)=P([O-])([O-])[S-].[K+].[K+].[K+]. The minimum absolute atomic E-state index is 0. The van der Waals surface area contributed by atoms with Gasteiger partial charge in [0.25, 0.3) is 0 Å². The molecule has 0 saturated heterocycles. The summed E-state index contributed by atoms with van der Waals surface area (Å²) < 4.78 is 0. The number of hydrogen-bond donors (Lipinski definition) is 0. The van der Waals surface area contributed by atoms with E-state index in [-0.39, 0.29) is 154 Å². The van der Waals surface area contributed by atoms with Gasteiger partial charge in [-0.05, 0) is 24.3 Å². The monoisotopic (exact) mass is 470 g/mol. The van der Waals surface area contributed by atoms with Crippen molar-refractivity contribution in [1.82, 2.24) is 0 Å². The van der Waals surface area contributed by atoms with E-state index in [1.807, 2.05) is 0 Å². The molecule has 0 atom stereocenters. The molecule has 24 heavy (non-hydrogen) atoms. The average molecular weight is 471 g/mol. The van der Waals surface area contributed by atoms with Gasteiger partial charge in [0.05, 0.1) is 0 Å². The average Bonchev–Trinajstić information content (AvgIpc) is 2.42. The zero-order valence-corrected chi connectivity index (χ0v) is 28.9. The van der Waals surface area contributed by atoms with Crippen molar-refractivity contribution in [2.24, 2.45) is 0 Å². The van der Waals surface area contributed by atoms with Crippen LogP contribution in [0.1, 0.15) is 90.9 Å². The van der Waals surface area contributed by atoms with Gasteiger partial charge >= 0.3 is 154 Å². The molecule has 0 amide bonds. The summed E-state index contributed by atoms with van der Waals surface area (Å²) in [6.07, 6.45) is 14.5. The second-order valence-corrected chi connectivity index (χ2v) is 13.6. The molecule has 2 nitrogen and oxygen atoms in total. The van der Waals surface area contributed by atoms with Crippen molar-refractivity contribution in [3.05, 3.63) is 0 Å². The molecule has 0 spiro atoms. The van der Waals surface area contributed by atoms with E-state index in [9.17, 15) is 9.79 Å². The molecule has 0 rings (SSSR count). The van der Waals surface area contributed by atoms with Crippen LogP contribution in [0.4, 0.5) is 0 Å². The topological polar surface area (TPSA) is 46.1 Å². The van der Waals surface area contributed by atoms with Crippen molar-refractivity contribution in [1.29, 1.82) is 0 Å².